The predicted octanol–water partition coefficient (Wildman–Crippen LogP) is 1.82. The van der Waals surface area contributed by atoms with Crippen LogP contribution in [-0.2, 0) is 9.59 Å². The van der Waals surface area contributed by atoms with Crippen LogP contribution in [0.4, 0.5) is 0 Å². The monoisotopic (exact) mass is 426 g/mol. The molecule has 1 heterocycles. The first kappa shape index (κ1) is 20.0. The summed E-state index contributed by atoms with van der Waals surface area (Å²) in [6.45, 7) is 0. The van der Waals surface area contributed by atoms with Crippen molar-refractivity contribution in [3.8, 4) is 6.07 Å². The molecule has 7 nitrogen and oxygen atoms in total. The van der Waals surface area contributed by atoms with E-state index < -0.39 is 17.6 Å². The number of carbonyl (C=O) groups is 2. The second-order valence-corrected chi connectivity index (χ2v) is 12.2. The quantitative estimate of drug-likeness (QED) is 0.694. The summed E-state index contributed by atoms with van der Waals surface area (Å²) in [6, 6.07) is 1.68. The van der Waals surface area contributed by atoms with Gasteiger partial charge in [-0.05, 0) is 106 Å². The molecule has 31 heavy (non-hydrogen) atoms. The lowest BCUT2D eigenvalue weighted by molar-refractivity contribution is -0.163. The number of likely N-dealkylation sites (tertiary alicyclic amines) is 1. The molecule has 0 aromatic heterocycles. The van der Waals surface area contributed by atoms with Crippen LogP contribution in [0.1, 0.15) is 57.8 Å². The maximum atomic E-state index is 13.6. The smallest absolute Gasteiger partial charge is 0.324 e. The number of piperidine rings is 1. The van der Waals surface area contributed by atoms with E-state index in [0.717, 1.165) is 44.9 Å². The number of carboxylic acid groups (broad SMARTS) is 1. The maximum absolute atomic E-state index is 13.6. The van der Waals surface area contributed by atoms with Gasteiger partial charge in [-0.15, -0.1) is 0 Å². The highest BCUT2D eigenvalue weighted by Gasteiger charge is 2.74. The molecule has 3 N–H and O–H groups in total. The van der Waals surface area contributed by atoms with Gasteiger partial charge in [-0.1, -0.05) is 0 Å². The van der Waals surface area contributed by atoms with Gasteiger partial charge in [-0.2, -0.15) is 5.26 Å². The lowest BCUT2D eigenvalue weighted by Crippen LogP contribution is -2.64. The average Bonchev–Trinajstić information content (AvgIpc) is 3.61. The Labute approximate surface area is 183 Å². The summed E-state index contributed by atoms with van der Waals surface area (Å²) in [6.07, 6.45) is 8.78. The summed E-state index contributed by atoms with van der Waals surface area (Å²) in [5, 5.41) is 19.7. The van der Waals surface area contributed by atoms with Crippen molar-refractivity contribution in [3.63, 3.8) is 0 Å². The molecule has 0 aromatic rings. The molecule has 7 rings (SSSR count). The number of hydrogen-bond acceptors (Lipinski definition) is 5. The zero-order valence-electron chi connectivity index (χ0n) is 18.6. The van der Waals surface area contributed by atoms with Crippen LogP contribution >= 0.6 is 0 Å². The number of rotatable bonds is 5. The zero-order valence-corrected chi connectivity index (χ0v) is 18.6. The Balaban J connectivity index is 1.31. The molecule has 7 heteroatoms. The minimum atomic E-state index is -0.761. The Morgan fingerprint density at radius 1 is 1.13 bits per heavy atom. The molecule has 4 bridgehead atoms. The number of aliphatic carboxylic acids is 1. The highest BCUT2D eigenvalue weighted by molar-refractivity contribution is 5.85. The number of nitrogens with two attached hydrogens (primary N) is 1. The SMILES string of the molecule is CN(C)C1(C(=O)O)C[C@H]1C12CC3C[C@H](CC([C@H](N)C(=O)N4C5CC5C[C@H]4C#N)(C3)C1)C2. The van der Waals surface area contributed by atoms with E-state index in [1.54, 1.807) is 0 Å². The van der Waals surface area contributed by atoms with Gasteiger partial charge in [0.25, 0.3) is 0 Å². The topological polar surface area (TPSA) is 111 Å². The van der Waals surface area contributed by atoms with E-state index in [1.165, 1.54) is 6.42 Å². The Hall–Kier alpha value is -1.65. The number of nitriles is 1. The number of carbonyl (C=O) groups excluding carboxylic acids is 1. The fourth-order valence-electron chi connectivity index (χ4n) is 9.39. The molecule has 7 aliphatic rings. The third kappa shape index (κ3) is 2.47. The van der Waals surface area contributed by atoms with Crippen LogP contribution in [0.25, 0.3) is 0 Å². The molecule has 6 saturated carbocycles. The first-order valence-corrected chi connectivity index (χ1v) is 12.0. The summed E-state index contributed by atoms with van der Waals surface area (Å²) >= 11 is 0. The molecular formula is C24H34N4O3. The van der Waals surface area contributed by atoms with Crippen molar-refractivity contribution in [2.24, 2.45) is 40.2 Å². The van der Waals surface area contributed by atoms with Crippen LogP contribution in [0, 0.1) is 45.8 Å². The second kappa shape index (κ2) is 6.02. The summed E-state index contributed by atoms with van der Waals surface area (Å²) in [7, 11) is 3.78. The van der Waals surface area contributed by atoms with Gasteiger partial charge in [0.1, 0.15) is 11.6 Å². The third-order valence-corrected chi connectivity index (χ3v) is 10.4. The number of likely N-dealkylation sites (N-methyl/N-ethyl adjacent to an activating group) is 1. The lowest BCUT2D eigenvalue weighted by atomic mass is 9.41. The van der Waals surface area contributed by atoms with Crippen molar-refractivity contribution < 1.29 is 14.7 Å². The number of amides is 1. The minimum Gasteiger partial charge on any atom is -0.480 e. The standard InChI is InChI=1S/C24H34N4O3/c1-27(2)24(21(30)31)10-18(24)22-6-13-3-14(7-22)9-23(8-13,12-22)19(26)20(29)28-16(11-25)4-15-5-17(15)28/h13-19H,3-10,12,26H2,1-2H3,(H,30,31)/t13-,14?,15?,16-,17?,18-,19+,22?,23?,24?/m0/s1. The summed E-state index contributed by atoms with van der Waals surface area (Å²) in [5.74, 6) is 1.02. The molecule has 1 aliphatic heterocycles. The number of nitrogens with zero attached hydrogens (tertiary/aromatic N) is 3. The van der Waals surface area contributed by atoms with Gasteiger partial charge in [-0.25, -0.2) is 0 Å². The largest absolute Gasteiger partial charge is 0.480 e. The molecule has 0 aromatic carbocycles. The van der Waals surface area contributed by atoms with Gasteiger partial charge in [0, 0.05) is 6.04 Å². The fourth-order valence-corrected chi connectivity index (χ4v) is 9.39. The van der Waals surface area contributed by atoms with E-state index in [1.807, 2.05) is 23.9 Å². The van der Waals surface area contributed by atoms with Crippen LogP contribution < -0.4 is 5.73 Å². The van der Waals surface area contributed by atoms with E-state index >= 15 is 0 Å². The van der Waals surface area contributed by atoms with Gasteiger partial charge in [-0.3, -0.25) is 14.5 Å². The lowest BCUT2D eigenvalue weighted by Gasteiger charge is -2.64. The van der Waals surface area contributed by atoms with Crippen LogP contribution in [0.15, 0.2) is 0 Å². The van der Waals surface area contributed by atoms with Crippen molar-refractivity contribution in [2.45, 2.75) is 81.5 Å². The highest BCUT2D eigenvalue weighted by atomic mass is 16.4. The number of carboxylic acids is 1. The first-order chi connectivity index (χ1) is 14.7. The second-order valence-electron chi connectivity index (χ2n) is 12.2. The normalized spacial score (nSPS) is 52.0. The first-order valence-electron chi connectivity index (χ1n) is 12.0. The highest BCUT2D eigenvalue weighted by Crippen LogP contribution is 2.74. The molecule has 10 atom stereocenters. The van der Waals surface area contributed by atoms with E-state index in [0.29, 0.717) is 24.2 Å². The summed E-state index contributed by atoms with van der Waals surface area (Å²) < 4.78 is 0. The van der Waals surface area contributed by atoms with Crippen molar-refractivity contribution in [3.05, 3.63) is 0 Å². The average molecular weight is 427 g/mol. The molecule has 1 saturated heterocycles. The van der Waals surface area contributed by atoms with Crippen molar-refractivity contribution in [2.75, 3.05) is 14.1 Å². The van der Waals surface area contributed by atoms with Crippen molar-refractivity contribution in [1.82, 2.24) is 9.80 Å². The summed E-state index contributed by atoms with van der Waals surface area (Å²) in [4.78, 5) is 29.7. The molecule has 0 radical (unpaired) electrons. The third-order valence-electron chi connectivity index (χ3n) is 10.4. The fraction of sp³-hybridized carbons (Fsp3) is 0.875. The van der Waals surface area contributed by atoms with E-state index in [9.17, 15) is 20.0 Å². The van der Waals surface area contributed by atoms with Gasteiger partial charge < -0.3 is 15.7 Å². The predicted molar refractivity (Wildman–Crippen MR) is 112 cm³/mol. The molecule has 7 fully saturated rings. The van der Waals surface area contributed by atoms with Gasteiger partial charge in [0.15, 0.2) is 0 Å². The Bertz CT molecular complexity index is 882. The summed E-state index contributed by atoms with van der Waals surface area (Å²) in [5.41, 5.74) is 5.84. The van der Waals surface area contributed by atoms with Crippen LogP contribution in [0.3, 0.4) is 0 Å². The molecule has 6 aliphatic carbocycles. The van der Waals surface area contributed by atoms with Gasteiger partial charge in [0.2, 0.25) is 5.91 Å². The Morgan fingerprint density at radius 3 is 2.35 bits per heavy atom. The van der Waals surface area contributed by atoms with Crippen molar-refractivity contribution in [1.29, 1.82) is 5.26 Å². The maximum Gasteiger partial charge on any atom is 0.324 e. The van der Waals surface area contributed by atoms with Crippen LogP contribution in [-0.4, -0.2) is 64.5 Å². The zero-order chi connectivity index (χ0) is 21.9. The Kier molecular flexibility index (Phi) is 3.88. The van der Waals surface area contributed by atoms with E-state index in [4.69, 9.17) is 5.73 Å². The molecular weight excluding hydrogens is 392 g/mol. The molecule has 1 amide bonds. The number of hydrogen-bond donors (Lipinski definition) is 2. The molecule has 0 spiro atoms. The van der Waals surface area contributed by atoms with Crippen LogP contribution in [0.5, 0.6) is 0 Å². The van der Waals surface area contributed by atoms with Crippen LogP contribution in [0.2, 0.25) is 0 Å². The molecule has 6 unspecified atom stereocenters. The number of fused-ring (bicyclic) bond motifs is 1. The van der Waals surface area contributed by atoms with Gasteiger partial charge >= 0.3 is 5.97 Å². The Morgan fingerprint density at radius 2 is 1.81 bits per heavy atom. The molecule has 168 valence electrons. The minimum absolute atomic E-state index is 0.00754. The van der Waals surface area contributed by atoms with Crippen molar-refractivity contribution >= 4 is 11.9 Å². The van der Waals surface area contributed by atoms with E-state index in [-0.39, 0.29) is 34.7 Å². The van der Waals surface area contributed by atoms with Gasteiger partial charge in [0.05, 0.1) is 12.1 Å². The van der Waals surface area contributed by atoms with E-state index in [2.05, 4.69) is 6.07 Å².